The first-order valence-corrected chi connectivity index (χ1v) is 12.3. The molecule has 1 aromatic carbocycles. The van der Waals surface area contributed by atoms with Gasteiger partial charge in [-0.25, -0.2) is 0 Å². The fourth-order valence-electron chi connectivity index (χ4n) is 4.04. The first kappa shape index (κ1) is 20.8. The zero-order valence-corrected chi connectivity index (χ0v) is 19.0. The molecule has 3 heterocycles. The number of benzene rings is 1. The van der Waals surface area contributed by atoms with E-state index in [0.29, 0.717) is 5.75 Å². The van der Waals surface area contributed by atoms with E-state index in [1.807, 2.05) is 52.6 Å². The SMILES string of the molecule is Cn1c(CN2CCOCC2)nnc1SCC(=O)N1c2ccccc2S[C@H]2C=CC=C[C@H]21. The summed E-state index contributed by atoms with van der Waals surface area (Å²) in [5, 5.41) is 9.71. The number of amides is 1. The molecule has 9 heteroatoms. The topological polar surface area (TPSA) is 63.5 Å². The summed E-state index contributed by atoms with van der Waals surface area (Å²) < 4.78 is 7.42. The molecule has 1 fully saturated rings. The van der Waals surface area contributed by atoms with Crippen molar-refractivity contribution in [2.75, 3.05) is 37.0 Å². The molecule has 2 aliphatic heterocycles. The van der Waals surface area contributed by atoms with Gasteiger partial charge in [0.05, 0.1) is 42.5 Å². The van der Waals surface area contributed by atoms with Gasteiger partial charge in [0.25, 0.3) is 0 Å². The van der Waals surface area contributed by atoms with E-state index in [4.69, 9.17) is 4.74 Å². The molecule has 2 atom stereocenters. The lowest BCUT2D eigenvalue weighted by Gasteiger charge is -2.40. The molecule has 0 bridgehead atoms. The summed E-state index contributed by atoms with van der Waals surface area (Å²) in [6.07, 6.45) is 8.40. The van der Waals surface area contributed by atoms with Crippen molar-refractivity contribution < 1.29 is 9.53 Å². The summed E-state index contributed by atoms with van der Waals surface area (Å²) in [6, 6.07) is 8.19. The number of carbonyl (C=O) groups is 1. The van der Waals surface area contributed by atoms with Crippen LogP contribution in [0.25, 0.3) is 0 Å². The first-order chi connectivity index (χ1) is 15.2. The molecule has 2 aromatic rings. The number of hydrogen-bond donors (Lipinski definition) is 0. The fraction of sp³-hybridized carbons (Fsp3) is 0.409. The minimum absolute atomic E-state index is 0.0365. The Morgan fingerprint density at radius 2 is 2.00 bits per heavy atom. The van der Waals surface area contributed by atoms with E-state index in [1.54, 1.807) is 0 Å². The zero-order valence-electron chi connectivity index (χ0n) is 17.4. The minimum atomic E-state index is 0.0365. The highest BCUT2D eigenvalue weighted by molar-refractivity contribution is 8.00. The molecular weight excluding hydrogens is 430 g/mol. The van der Waals surface area contributed by atoms with Gasteiger partial charge < -0.3 is 14.2 Å². The zero-order chi connectivity index (χ0) is 21.2. The average molecular weight is 456 g/mol. The average Bonchev–Trinajstić information content (AvgIpc) is 3.15. The van der Waals surface area contributed by atoms with Crippen LogP contribution in [-0.2, 0) is 23.1 Å². The Morgan fingerprint density at radius 1 is 1.19 bits per heavy atom. The van der Waals surface area contributed by atoms with Crippen molar-refractivity contribution in [3.05, 3.63) is 54.4 Å². The second-order valence-corrected chi connectivity index (χ2v) is 9.87. The van der Waals surface area contributed by atoms with E-state index in [9.17, 15) is 4.79 Å². The number of rotatable bonds is 5. The largest absolute Gasteiger partial charge is 0.379 e. The third kappa shape index (κ3) is 4.32. The van der Waals surface area contributed by atoms with Gasteiger partial charge in [0.2, 0.25) is 5.91 Å². The van der Waals surface area contributed by atoms with Crippen molar-refractivity contribution in [1.82, 2.24) is 19.7 Å². The number of nitrogens with zero attached hydrogens (tertiary/aromatic N) is 5. The quantitative estimate of drug-likeness (QED) is 0.643. The number of anilines is 1. The van der Waals surface area contributed by atoms with Crippen molar-refractivity contribution in [1.29, 1.82) is 0 Å². The first-order valence-electron chi connectivity index (χ1n) is 10.4. The summed E-state index contributed by atoms with van der Waals surface area (Å²) in [4.78, 5) is 18.8. The van der Waals surface area contributed by atoms with E-state index < -0.39 is 0 Å². The molecule has 0 spiro atoms. The van der Waals surface area contributed by atoms with Gasteiger partial charge in [-0.3, -0.25) is 9.69 Å². The third-order valence-corrected chi connectivity index (χ3v) is 8.04. The van der Waals surface area contributed by atoms with Gasteiger partial charge in [0.1, 0.15) is 5.82 Å². The van der Waals surface area contributed by atoms with Crippen LogP contribution in [0.15, 0.2) is 58.6 Å². The van der Waals surface area contributed by atoms with Gasteiger partial charge >= 0.3 is 0 Å². The highest BCUT2D eigenvalue weighted by Gasteiger charge is 2.36. The lowest BCUT2D eigenvalue weighted by atomic mass is 10.0. The fourth-order valence-corrected chi connectivity index (χ4v) is 6.09. The van der Waals surface area contributed by atoms with E-state index >= 15 is 0 Å². The number of carbonyl (C=O) groups excluding carboxylic acids is 1. The highest BCUT2D eigenvalue weighted by Crippen LogP contribution is 2.43. The van der Waals surface area contributed by atoms with E-state index in [1.165, 1.54) is 11.8 Å². The van der Waals surface area contributed by atoms with E-state index in [-0.39, 0.29) is 17.2 Å². The normalized spacial score (nSPS) is 22.9. The van der Waals surface area contributed by atoms with Gasteiger partial charge in [0, 0.05) is 25.0 Å². The van der Waals surface area contributed by atoms with Gasteiger partial charge in [-0.2, -0.15) is 0 Å². The van der Waals surface area contributed by atoms with Crippen LogP contribution < -0.4 is 4.90 Å². The van der Waals surface area contributed by atoms with Crippen molar-refractivity contribution >= 4 is 35.1 Å². The molecule has 1 aromatic heterocycles. The van der Waals surface area contributed by atoms with Crippen LogP contribution in [0.5, 0.6) is 0 Å². The molecule has 1 aliphatic carbocycles. The van der Waals surface area contributed by atoms with Gasteiger partial charge in [0.15, 0.2) is 5.16 Å². The lowest BCUT2D eigenvalue weighted by Crippen LogP contribution is -2.48. The molecule has 0 radical (unpaired) electrons. The molecule has 0 unspecified atom stereocenters. The minimum Gasteiger partial charge on any atom is -0.379 e. The summed E-state index contributed by atoms with van der Waals surface area (Å²) in [5.74, 6) is 1.32. The smallest absolute Gasteiger partial charge is 0.238 e. The number of allylic oxidation sites excluding steroid dienone is 2. The number of para-hydroxylation sites is 1. The van der Waals surface area contributed by atoms with Crippen molar-refractivity contribution in [2.24, 2.45) is 7.05 Å². The van der Waals surface area contributed by atoms with Crippen molar-refractivity contribution in [3.63, 3.8) is 0 Å². The number of hydrogen-bond acceptors (Lipinski definition) is 7. The van der Waals surface area contributed by atoms with Crippen LogP contribution in [0.1, 0.15) is 5.82 Å². The highest BCUT2D eigenvalue weighted by atomic mass is 32.2. The molecule has 5 rings (SSSR count). The van der Waals surface area contributed by atoms with Crippen LogP contribution >= 0.6 is 23.5 Å². The Kier molecular flexibility index (Phi) is 6.17. The summed E-state index contributed by atoms with van der Waals surface area (Å²) in [7, 11) is 1.97. The van der Waals surface area contributed by atoms with Crippen LogP contribution in [0.3, 0.4) is 0 Å². The van der Waals surface area contributed by atoms with Crippen LogP contribution in [0, 0.1) is 0 Å². The second-order valence-electron chi connectivity index (χ2n) is 7.71. The molecule has 0 N–H and O–H groups in total. The van der Waals surface area contributed by atoms with Crippen LogP contribution in [0.2, 0.25) is 0 Å². The maximum absolute atomic E-state index is 13.4. The molecule has 1 amide bonds. The predicted molar refractivity (Wildman–Crippen MR) is 123 cm³/mol. The van der Waals surface area contributed by atoms with Gasteiger partial charge in [-0.1, -0.05) is 48.2 Å². The van der Waals surface area contributed by atoms with Crippen molar-refractivity contribution in [3.8, 4) is 0 Å². The maximum atomic E-state index is 13.4. The molecule has 31 heavy (non-hydrogen) atoms. The summed E-state index contributed by atoms with van der Waals surface area (Å²) in [6.45, 7) is 4.08. The molecule has 0 saturated carbocycles. The number of thioether (sulfide) groups is 2. The number of fused-ring (bicyclic) bond motifs is 2. The Hall–Kier alpha value is -2.07. The van der Waals surface area contributed by atoms with Gasteiger partial charge in [-0.15, -0.1) is 22.0 Å². The number of aromatic nitrogens is 3. The van der Waals surface area contributed by atoms with E-state index in [2.05, 4.69) is 39.4 Å². The molecule has 7 nitrogen and oxygen atoms in total. The monoisotopic (exact) mass is 455 g/mol. The van der Waals surface area contributed by atoms with Crippen LogP contribution in [0.4, 0.5) is 5.69 Å². The molecule has 3 aliphatic rings. The lowest BCUT2D eigenvalue weighted by molar-refractivity contribution is -0.116. The second kappa shape index (κ2) is 9.20. The number of ether oxygens (including phenoxy) is 1. The Balaban J connectivity index is 1.29. The summed E-state index contributed by atoms with van der Waals surface area (Å²) >= 11 is 3.27. The Morgan fingerprint density at radius 3 is 2.87 bits per heavy atom. The molecular formula is C22H25N5O2S2. The Labute approximate surface area is 190 Å². The van der Waals surface area contributed by atoms with E-state index in [0.717, 1.165) is 54.4 Å². The third-order valence-electron chi connectivity index (χ3n) is 5.73. The van der Waals surface area contributed by atoms with Crippen LogP contribution in [-0.4, -0.2) is 68.9 Å². The van der Waals surface area contributed by atoms with Gasteiger partial charge in [-0.05, 0) is 12.1 Å². The van der Waals surface area contributed by atoms with Crippen molar-refractivity contribution in [2.45, 2.75) is 27.9 Å². The molecule has 162 valence electrons. The summed E-state index contributed by atoms with van der Waals surface area (Å²) in [5.41, 5.74) is 0.991. The predicted octanol–water partition coefficient (Wildman–Crippen LogP) is 2.74. The molecule has 1 saturated heterocycles. The Bertz CT molecular complexity index is 1020. The standard InChI is InChI=1S/C22H25N5O2S2/c1-25-20(14-26-10-12-29-13-11-26)23-24-22(25)30-15-21(28)27-16-6-2-4-8-18(16)31-19-9-5-3-7-17(19)27/h2-9,16,18H,10-15H2,1H3/t16-,18+/m1/s1. The maximum Gasteiger partial charge on any atom is 0.238 e. The number of morpholine rings is 1.